The van der Waals surface area contributed by atoms with Crippen LogP contribution in [0.15, 0.2) is 30.6 Å². The molecule has 0 aliphatic heterocycles. The standard InChI is InChI=1S/C8H8N4/c9-12-7-3-5-10-6-2-1-4-11-8(6)7/h1-5H,9H2,(H,10,12). The van der Waals surface area contributed by atoms with Crippen LogP contribution in [0.4, 0.5) is 5.69 Å². The van der Waals surface area contributed by atoms with Crippen molar-refractivity contribution in [2.24, 2.45) is 5.84 Å². The minimum absolute atomic E-state index is 0.792. The van der Waals surface area contributed by atoms with Gasteiger partial charge in [-0.1, -0.05) is 0 Å². The lowest BCUT2D eigenvalue weighted by Crippen LogP contribution is -2.07. The SMILES string of the molecule is NNc1ccnc2cccnc12. The highest BCUT2D eigenvalue weighted by Crippen LogP contribution is 2.16. The molecule has 0 radical (unpaired) electrons. The number of hydrogen-bond donors (Lipinski definition) is 2. The van der Waals surface area contributed by atoms with Gasteiger partial charge in [-0.05, 0) is 18.2 Å². The summed E-state index contributed by atoms with van der Waals surface area (Å²) in [5.41, 5.74) is 4.99. The van der Waals surface area contributed by atoms with Crippen LogP contribution in [-0.4, -0.2) is 9.97 Å². The number of hydrogen-bond acceptors (Lipinski definition) is 4. The molecule has 0 amide bonds. The Morgan fingerprint density at radius 2 is 2.08 bits per heavy atom. The first-order valence-electron chi connectivity index (χ1n) is 3.58. The molecule has 0 saturated heterocycles. The zero-order valence-electron chi connectivity index (χ0n) is 6.36. The lowest BCUT2D eigenvalue weighted by atomic mass is 10.3. The van der Waals surface area contributed by atoms with Crippen molar-refractivity contribution in [3.63, 3.8) is 0 Å². The number of rotatable bonds is 1. The minimum Gasteiger partial charge on any atom is -0.322 e. The molecule has 0 aromatic carbocycles. The summed E-state index contributed by atoms with van der Waals surface area (Å²) in [6.45, 7) is 0. The third-order valence-electron chi connectivity index (χ3n) is 1.65. The van der Waals surface area contributed by atoms with Gasteiger partial charge in [0.1, 0.15) is 5.52 Å². The Kier molecular flexibility index (Phi) is 1.60. The van der Waals surface area contributed by atoms with E-state index in [-0.39, 0.29) is 0 Å². The molecular formula is C8H8N4. The van der Waals surface area contributed by atoms with Gasteiger partial charge in [0.15, 0.2) is 0 Å². The molecule has 0 aliphatic carbocycles. The molecule has 12 heavy (non-hydrogen) atoms. The van der Waals surface area contributed by atoms with Gasteiger partial charge in [-0.15, -0.1) is 0 Å². The summed E-state index contributed by atoms with van der Waals surface area (Å²) in [4.78, 5) is 8.28. The first-order valence-corrected chi connectivity index (χ1v) is 3.58. The normalized spacial score (nSPS) is 10.1. The van der Waals surface area contributed by atoms with Gasteiger partial charge >= 0.3 is 0 Å². The lowest BCUT2D eigenvalue weighted by Gasteiger charge is -2.01. The van der Waals surface area contributed by atoms with Crippen LogP contribution in [0.25, 0.3) is 11.0 Å². The summed E-state index contributed by atoms with van der Waals surface area (Å²) < 4.78 is 0. The molecule has 60 valence electrons. The van der Waals surface area contributed by atoms with Crippen LogP contribution in [0.2, 0.25) is 0 Å². The van der Waals surface area contributed by atoms with E-state index < -0.39 is 0 Å². The maximum absolute atomic E-state index is 5.30. The molecule has 0 aliphatic rings. The summed E-state index contributed by atoms with van der Waals surface area (Å²) in [6.07, 6.45) is 3.41. The van der Waals surface area contributed by atoms with Gasteiger partial charge in [0.05, 0.1) is 11.2 Å². The number of nitrogen functional groups attached to an aromatic ring is 1. The van der Waals surface area contributed by atoms with Crippen molar-refractivity contribution in [1.82, 2.24) is 9.97 Å². The topological polar surface area (TPSA) is 63.8 Å². The van der Waals surface area contributed by atoms with Crippen LogP contribution in [-0.2, 0) is 0 Å². The van der Waals surface area contributed by atoms with Crippen LogP contribution in [0.1, 0.15) is 0 Å². The average Bonchev–Trinajstić information content (AvgIpc) is 2.17. The molecule has 0 spiro atoms. The molecule has 0 fully saturated rings. The van der Waals surface area contributed by atoms with E-state index in [4.69, 9.17) is 5.84 Å². The summed E-state index contributed by atoms with van der Waals surface area (Å²) in [7, 11) is 0. The number of fused-ring (bicyclic) bond motifs is 1. The maximum atomic E-state index is 5.30. The van der Waals surface area contributed by atoms with Crippen LogP contribution < -0.4 is 11.3 Å². The zero-order valence-corrected chi connectivity index (χ0v) is 6.36. The van der Waals surface area contributed by atoms with Gasteiger partial charge in [-0.25, -0.2) is 0 Å². The summed E-state index contributed by atoms with van der Waals surface area (Å²) in [5.74, 6) is 5.30. The molecule has 2 aromatic heterocycles. The molecule has 4 nitrogen and oxygen atoms in total. The first-order chi connectivity index (χ1) is 5.92. The van der Waals surface area contributed by atoms with E-state index >= 15 is 0 Å². The number of nitrogens with zero attached hydrogens (tertiary/aromatic N) is 2. The van der Waals surface area contributed by atoms with Gasteiger partial charge in [0.25, 0.3) is 0 Å². The Morgan fingerprint density at radius 1 is 1.17 bits per heavy atom. The van der Waals surface area contributed by atoms with Crippen LogP contribution in [0.5, 0.6) is 0 Å². The lowest BCUT2D eigenvalue weighted by molar-refractivity contribution is 1.29. The number of nitrogens with one attached hydrogen (secondary N) is 1. The van der Waals surface area contributed by atoms with Crippen molar-refractivity contribution in [3.8, 4) is 0 Å². The van der Waals surface area contributed by atoms with Gasteiger partial charge in [-0.3, -0.25) is 15.8 Å². The third kappa shape index (κ3) is 0.981. The Hall–Kier alpha value is -1.68. The van der Waals surface area contributed by atoms with Gasteiger partial charge in [0.2, 0.25) is 0 Å². The van der Waals surface area contributed by atoms with E-state index in [0.29, 0.717) is 0 Å². The summed E-state index contributed by atoms with van der Waals surface area (Å²) >= 11 is 0. The third-order valence-corrected chi connectivity index (χ3v) is 1.65. The van der Waals surface area contributed by atoms with Gasteiger partial charge < -0.3 is 5.43 Å². The van der Waals surface area contributed by atoms with Crippen LogP contribution in [0.3, 0.4) is 0 Å². The van der Waals surface area contributed by atoms with Crippen molar-refractivity contribution >= 4 is 16.7 Å². The molecule has 2 aromatic rings. The van der Waals surface area contributed by atoms with Gasteiger partial charge in [-0.2, -0.15) is 0 Å². The highest BCUT2D eigenvalue weighted by molar-refractivity contribution is 5.86. The summed E-state index contributed by atoms with van der Waals surface area (Å²) in [5, 5.41) is 0. The molecule has 2 heterocycles. The predicted octanol–water partition coefficient (Wildman–Crippen LogP) is 0.915. The van der Waals surface area contributed by atoms with Crippen molar-refractivity contribution in [3.05, 3.63) is 30.6 Å². The predicted molar refractivity (Wildman–Crippen MR) is 47.3 cm³/mol. The van der Waals surface area contributed by atoms with E-state index in [9.17, 15) is 0 Å². The largest absolute Gasteiger partial charge is 0.322 e. The highest BCUT2D eigenvalue weighted by atomic mass is 15.2. The van der Waals surface area contributed by atoms with E-state index in [1.54, 1.807) is 18.5 Å². The van der Waals surface area contributed by atoms with Crippen molar-refractivity contribution in [2.45, 2.75) is 0 Å². The fourth-order valence-corrected chi connectivity index (χ4v) is 1.10. The number of anilines is 1. The Labute approximate surface area is 69.4 Å². The monoisotopic (exact) mass is 160 g/mol. The fraction of sp³-hybridized carbons (Fsp3) is 0. The molecule has 0 bridgehead atoms. The second-order valence-corrected chi connectivity index (χ2v) is 2.37. The molecule has 0 unspecified atom stereocenters. The van der Waals surface area contributed by atoms with Gasteiger partial charge in [0, 0.05) is 12.4 Å². The van der Waals surface area contributed by atoms with Crippen molar-refractivity contribution < 1.29 is 0 Å². The molecule has 4 heteroatoms. The number of pyridine rings is 2. The Bertz CT molecular complexity index is 394. The fourth-order valence-electron chi connectivity index (χ4n) is 1.10. The molecule has 0 saturated carbocycles. The van der Waals surface area contributed by atoms with E-state index in [0.717, 1.165) is 16.7 Å². The average molecular weight is 160 g/mol. The minimum atomic E-state index is 0.792. The van der Waals surface area contributed by atoms with E-state index in [1.165, 1.54) is 0 Å². The number of nitrogens with two attached hydrogens (primary N) is 1. The van der Waals surface area contributed by atoms with Crippen LogP contribution in [0, 0.1) is 0 Å². The molecule has 2 rings (SSSR count). The van der Waals surface area contributed by atoms with Crippen molar-refractivity contribution in [1.29, 1.82) is 0 Å². The molecule has 0 atom stereocenters. The second kappa shape index (κ2) is 2.75. The quantitative estimate of drug-likeness (QED) is 0.481. The molecule has 3 N–H and O–H groups in total. The maximum Gasteiger partial charge on any atom is 0.113 e. The van der Waals surface area contributed by atoms with E-state index in [1.807, 2.05) is 12.1 Å². The second-order valence-electron chi connectivity index (χ2n) is 2.37. The number of hydrazine groups is 1. The summed E-state index contributed by atoms with van der Waals surface area (Å²) in [6, 6.07) is 5.52. The Morgan fingerprint density at radius 3 is 2.92 bits per heavy atom. The van der Waals surface area contributed by atoms with Crippen LogP contribution >= 0.6 is 0 Å². The van der Waals surface area contributed by atoms with Crippen molar-refractivity contribution in [2.75, 3.05) is 5.43 Å². The zero-order chi connectivity index (χ0) is 8.39. The Balaban J connectivity index is 2.79. The highest BCUT2D eigenvalue weighted by Gasteiger charge is 1.98. The molecular weight excluding hydrogens is 152 g/mol. The smallest absolute Gasteiger partial charge is 0.113 e. The first kappa shape index (κ1) is 7.00. The van der Waals surface area contributed by atoms with E-state index in [2.05, 4.69) is 15.4 Å². The number of aromatic nitrogens is 2.